The zero-order chi connectivity index (χ0) is 17.6. The second-order valence-electron chi connectivity index (χ2n) is 5.81. The summed E-state index contributed by atoms with van der Waals surface area (Å²) in [5.74, 6) is 1.60. The van der Waals surface area contributed by atoms with Crippen LogP contribution < -0.4 is 25.3 Å². The molecule has 1 aliphatic rings. The van der Waals surface area contributed by atoms with E-state index in [9.17, 15) is 4.79 Å². The first-order chi connectivity index (χ1) is 11.6. The van der Waals surface area contributed by atoms with Crippen molar-refractivity contribution in [2.75, 3.05) is 41.1 Å². The van der Waals surface area contributed by atoms with E-state index in [1.807, 2.05) is 12.1 Å². The molecule has 1 fully saturated rings. The maximum absolute atomic E-state index is 12.6. The molecule has 7 heteroatoms. The molecule has 24 heavy (non-hydrogen) atoms. The van der Waals surface area contributed by atoms with Gasteiger partial charge in [-0.1, -0.05) is 0 Å². The van der Waals surface area contributed by atoms with Gasteiger partial charge in [0.15, 0.2) is 11.5 Å². The Morgan fingerprint density at radius 3 is 2.21 bits per heavy atom. The highest BCUT2D eigenvalue weighted by Crippen LogP contribution is 2.38. The lowest BCUT2D eigenvalue weighted by atomic mass is 9.79. The molecule has 1 aromatic rings. The molecule has 7 nitrogen and oxygen atoms in total. The summed E-state index contributed by atoms with van der Waals surface area (Å²) in [7, 11) is 4.67. The molecule has 1 heterocycles. The number of hydrogen-bond acceptors (Lipinski definition) is 6. The molecule has 1 saturated heterocycles. The SMILES string of the molecule is COc1cc(CNC(=O)C2(CN)CCOCC2)cc(OC)c1OC. The molecule has 0 atom stereocenters. The smallest absolute Gasteiger partial charge is 0.227 e. The Morgan fingerprint density at radius 2 is 1.75 bits per heavy atom. The van der Waals surface area contributed by atoms with Gasteiger partial charge in [0.1, 0.15) is 0 Å². The Kier molecular flexibility index (Phi) is 6.28. The number of amides is 1. The first-order valence-corrected chi connectivity index (χ1v) is 7.95. The quantitative estimate of drug-likeness (QED) is 0.773. The standard InChI is InChI=1S/C17H26N2O5/c1-21-13-8-12(9-14(22-2)15(13)23-3)10-19-16(20)17(11-18)4-6-24-7-5-17/h8-9H,4-7,10-11,18H2,1-3H3,(H,19,20). The fraction of sp³-hybridized carbons (Fsp3) is 0.588. The molecule has 0 spiro atoms. The van der Waals surface area contributed by atoms with Crippen LogP contribution in [0.25, 0.3) is 0 Å². The molecule has 0 aliphatic carbocycles. The lowest BCUT2D eigenvalue weighted by Crippen LogP contribution is -2.48. The normalized spacial score (nSPS) is 16.3. The molecule has 0 unspecified atom stereocenters. The monoisotopic (exact) mass is 338 g/mol. The second kappa shape index (κ2) is 8.21. The van der Waals surface area contributed by atoms with E-state index < -0.39 is 5.41 Å². The van der Waals surface area contributed by atoms with E-state index in [0.717, 1.165) is 5.56 Å². The van der Waals surface area contributed by atoms with Crippen LogP contribution in [0.1, 0.15) is 18.4 Å². The summed E-state index contributed by atoms with van der Waals surface area (Å²) in [6.45, 7) is 1.80. The van der Waals surface area contributed by atoms with Crippen LogP contribution >= 0.6 is 0 Å². The van der Waals surface area contributed by atoms with Gasteiger partial charge in [0, 0.05) is 26.3 Å². The molecule has 1 amide bonds. The number of carbonyl (C=O) groups excluding carboxylic acids is 1. The molecule has 1 aromatic carbocycles. The van der Waals surface area contributed by atoms with E-state index in [0.29, 0.717) is 56.4 Å². The number of hydrogen-bond donors (Lipinski definition) is 2. The number of carbonyl (C=O) groups is 1. The van der Waals surface area contributed by atoms with Crippen LogP contribution in [-0.2, 0) is 16.1 Å². The fourth-order valence-corrected chi connectivity index (χ4v) is 2.89. The van der Waals surface area contributed by atoms with Crippen molar-refractivity contribution in [3.63, 3.8) is 0 Å². The number of methoxy groups -OCH3 is 3. The van der Waals surface area contributed by atoms with E-state index in [-0.39, 0.29) is 5.91 Å². The van der Waals surface area contributed by atoms with E-state index in [1.54, 1.807) is 21.3 Å². The van der Waals surface area contributed by atoms with Crippen LogP contribution in [0.15, 0.2) is 12.1 Å². The summed E-state index contributed by atoms with van der Waals surface area (Å²) in [4.78, 5) is 12.6. The van der Waals surface area contributed by atoms with Crippen molar-refractivity contribution >= 4 is 5.91 Å². The van der Waals surface area contributed by atoms with Crippen LogP contribution in [0.3, 0.4) is 0 Å². The average Bonchev–Trinajstić information content (AvgIpc) is 2.65. The summed E-state index contributed by atoms with van der Waals surface area (Å²) in [5.41, 5.74) is 6.18. The predicted molar refractivity (Wildman–Crippen MR) is 89.5 cm³/mol. The minimum absolute atomic E-state index is 0.0398. The molecule has 3 N–H and O–H groups in total. The topological polar surface area (TPSA) is 92.0 Å². The molecule has 0 radical (unpaired) electrons. The van der Waals surface area contributed by atoms with Crippen LogP contribution in [0.4, 0.5) is 0 Å². The third kappa shape index (κ3) is 3.73. The van der Waals surface area contributed by atoms with Gasteiger partial charge in [0.25, 0.3) is 0 Å². The predicted octanol–water partition coefficient (Wildman–Crippen LogP) is 1.08. The first kappa shape index (κ1) is 18.4. The molecule has 134 valence electrons. The molecular weight excluding hydrogens is 312 g/mol. The Morgan fingerprint density at radius 1 is 1.17 bits per heavy atom. The van der Waals surface area contributed by atoms with Gasteiger partial charge in [-0.25, -0.2) is 0 Å². The summed E-state index contributed by atoms with van der Waals surface area (Å²) in [6.07, 6.45) is 1.29. The average molecular weight is 338 g/mol. The van der Waals surface area contributed by atoms with Gasteiger partial charge in [-0.15, -0.1) is 0 Å². The third-order valence-electron chi connectivity index (χ3n) is 4.50. The van der Waals surface area contributed by atoms with E-state index >= 15 is 0 Å². The number of rotatable bonds is 7. The fourth-order valence-electron chi connectivity index (χ4n) is 2.89. The lowest BCUT2D eigenvalue weighted by Gasteiger charge is -2.34. The Hall–Kier alpha value is -1.99. The van der Waals surface area contributed by atoms with Gasteiger partial charge in [0.2, 0.25) is 11.7 Å². The van der Waals surface area contributed by atoms with Gasteiger partial charge in [-0.2, -0.15) is 0 Å². The van der Waals surface area contributed by atoms with Gasteiger partial charge in [0.05, 0.1) is 26.7 Å². The minimum atomic E-state index is -0.543. The van der Waals surface area contributed by atoms with Crippen molar-refractivity contribution in [1.82, 2.24) is 5.32 Å². The zero-order valence-electron chi connectivity index (χ0n) is 14.5. The summed E-state index contributed by atoms with van der Waals surface area (Å²) < 4.78 is 21.3. The van der Waals surface area contributed by atoms with Crippen molar-refractivity contribution < 1.29 is 23.7 Å². The van der Waals surface area contributed by atoms with Gasteiger partial charge in [-0.3, -0.25) is 4.79 Å². The molecular formula is C17H26N2O5. The highest BCUT2D eigenvalue weighted by atomic mass is 16.5. The molecule has 1 aliphatic heterocycles. The van der Waals surface area contributed by atoms with Gasteiger partial charge < -0.3 is 30.0 Å². The molecule has 0 aromatic heterocycles. The lowest BCUT2D eigenvalue weighted by molar-refractivity contribution is -0.136. The highest BCUT2D eigenvalue weighted by Gasteiger charge is 2.38. The Bertz CT molecular complexity index is 545. The first-order valence-electron chi connectivity index (χ1n) is 7.95. The molecule has 2 rings (SSSR count). The largest absolute Gasteiger partial charge is 0.493 e. The van der Waals surface area contributed by atoms with Crippen molar-refractivity contribution in [3.05, 3.63) is 17.7 Å². The molecule has 0 saturated carbocycles. The summed E-state index contributed by atoms with van der Waals surface area (Å²) in [5, 5.41) is 2.97. The zero-order valence-corrected chi connectivity index (χ0v) is 14.5. The summed E-state index contributed by atoms with van der Waals surface area (Å²) >= 11 is 0. The van der Waals surface area contributed by atoms with Crippen LogP contribution in [0, 0.1) is 5.41 Å². The molecule has 0 bridgehead atoms. The summed E-state index contributed by atoms with van der Waals surface area (Å²) in [6, 6.07) is 3.64. The van der Waals surface area contributed by atoms with Crippen molar-refractivity contribution in [2.24, 2.45) is 11.1 Å². The maximum Gasteiger partial charge on any atom is 0.227 e. The van der Waals surface area contributed by atoms with Gasteiger partial charge >= 0.3 is 0 Å². The van der Waals surface area contributed by atoms with Crippen molar-refractivity contribution in [2.45, 2.75) is 19.4 Å². The Balaban J connectivity index is 2.12. The van der Waals surface area contributed by atoms with Crippen LogP contribution in [0.2, 0.25) is 0 Å². The third-order valence-corrected chi connectivity index (χ3v) is 4.50. The number of benzene rings is 1. The number of nitrogens with one attached hydrogen (secondary N) is 1. The Labute approximate surface area is 142 Å². The number of nitrogens with two attached hydrogens (primary N) is 1. The van der Waals surface area contributed by atoms with E-state index in [2.05, 4.69) is 5.32 Å². The maximum atomic E-state index is 12.6. The number of ether oxygens (including phenoxy) is 4. The minimum Gasteiger partial charge on any atom is -0.493 e. The van der Waals surface area contributed by atoms with E-state index in [1.165, 1.54) is 0 Å². The van der Waals surface area contributed by atoms with Gasteiger partial charge in [-0.05, 0) is 30.5 Å². The highest BCUT2D eigenvalue weighted by molar-refractivity contribution is 5.83. The van der Waals surface area contributed by atoms with Crippen LogP contribution in [-0.4, -0.2) is 47.0 Å². The second-order valence-corrected chi connectivity index (χ2v) is 5.81. The van der Waals surface area contributed by atoms with E-state index in [4.69, 9.17) is 24.7 Å². The van der Waals surface area contributed by atoms with Crippen molar-refractivity contribution in [3.8, 4) is 17.2 Å². The van der Waals surface area contributed by atoms with Crippen molar-refractivity contribution in [1.29, 1.82) is 0 Å². The van der Waals surface area contributed by atoms with Crippen LogP contribution in [0.5, 0.6) is 17.2 Å².